The summed E-state index contributed by atoms with van der Waals surface area (Å²) in [5, 5.41) is 11.3. The van der Waals surface area contributed by atoms with Crippen LogP contribution in [0.15, 0.2) is 58.9 Å². The zero-order valence-electron chi connectivity index (χ0n) is 16.0. The number of nitrogens with zero attached hydrogens (tertiary/aromatic N) is 3. The highest BCUT2D eigenvalue weighted by atomic mass is 32.2. The molecule has 9 heteroatoms. The summed E-state index contributed by atoms with van der Waals surface area (Å²) in [6.07, 6.45) is 0. The van der Waals surface area contributed by atoms with Crippen LogP contribution in [0, 0.1) is 0 Å². The number of amides is 2. The first-order valence-corrected chi connectivity index (χ1v) is 10.6. The molecule has 0 radical (unpaired) electrons. The molecule has 1 N–H and O–H groups in total. The van der Waals surface area contributed by atoms with E-state index in [0.717, 1.165) is 10.1 Å². The van der Waals surface area contributed by atoms with Crippen LogP contribution in [0.4, 0.5) is 5.13 Å². The maximum Gasteiger partial charge on any atom is 0.259 e. The molecule has 29 heavy (non-hydrogen) atoms. The molecule has 0 saturated heterocycles. The van der Waals surface area contributed by atoms with Gasteiger partial charge in [-0.2, -0.15) is 0 Å². The van der Waals surface area contributed by atoms with E-state index >= 15 is 0 Å². The maximum absolute atomic E-state index is 12.5. The second-order valence-corrected chi connectivity index (χ2v) is 8.41. The third-order valence-corrected chi connectivity index (χ3v) is 5.83. The van der Waals surface area contributed by atoms with Gasteiger partial charge in [0.1, 0.15) is 5.75 Å². The monoisotopic (exact) mass is 428 g/mol. The van der Waals surface area contributed by atoms with Gasteiger partial charge in [0.2, 0.25) is 5.13 Å². The Hall–Kier alpha value is -2.91. The molecular weight excluding hydrogens is 408 g/mol. The predicted octanol–water partition coefficient (Wildman–Crippen LogP) is 3.55. The van der Waals surface area contributed by atoms with Crippen molar-refractivity contribution in [1.29, 1.82) is 0 Å². The predicted molar refractivity (Wildman–Crippen MR) is 114 cm³/mol. The average Bonchev–Trinajstić information content (AvgIpc) is 3.18. The lowest BCUT2D eigenvalue weighted by molar-refractivity contribution is -0.130. The number of carbonyl (C=O) groups excluding carboxylic acids is 2. The number of anilines is 1. The van der Waals surface area contributed by atoms with E-state index < -0.39 is 0 Å². The molecule has 1 aromatic heterocycles. The second kappa shape index (κ2) is 10.0. The van der Waals surface area contributed by atoms with Crippen LogP contribution in [0.25, 0.3) is 0 Å². The third kappa shape index (κ3) is 6.30. The molecule has 0 bridgehead atoms. The van der Waals surface area contributed by atoms with Crippen molar-refractivity contribution < 1.29 is 14.3 Å². The zero-order valence-corrected chi connectivity index (χ0v) is 17.6. The molecule has 0 atom stereocenters. The van der Waals surface area contributed by atoms with Crippen LogP contribution in [0.5, 0.6) is 5.75 Å². The molecule has 7 nitrogen and oxygen atoms in total. The average molecular weight is 429 g/mol. The molecular formula is C20H20N4O3S2. The highest BCUT2D eigenvalue weighted by Crippen LogP contribution is 2.28. The number of benzene rings is 2. The summed E-state index contributed by atoms with van der Waals surface area (Å²) < 4.78 is 6.23. The molecule has 2 amide bonds. The molecule has 3 aromatic rings. The number of carbonyl (C=O) groups is 2. The van der Waals surface area contributed by atoms with Crippen LogP contribution in [-0.4, -0.2) is 47.6 Å². The quantitative estimate of drug-likeness (QED) is 0.436. The van der Waals surface area contributed by atoms with Crippen LogP contribution in [0.1, 0.15) is 15.9 Å². The Bertz CT molecular complexity index is 977. The van der Waals surface area contributed by atoms with Gasteiger partial charge in [0.25, 0.3) is 11.8 Å². The number of hydrogen-bond donors (Lipinski definition) is 1. The van der Waals surface area contributed by atoms with E-state index in [9.17, 15) is 9.59 Å². The van der Waals surface area contributed by atoms with Gasteiger partial charge in [-0.1, -0.05) is 59.5 Å². The lowest BCUT2D eigenvalue weighted by atomic mass is 10.2. The van der Waals surface area contributed by atoms with Gasteiger partial charge in [-0.3, -0.25) is 14.9 Å². The van der Waals surface area contributed by atoms with Gasteiger partial charge in [-0.05, 0) is 23.8 Å². The molecule has 150 valence electrons. The molecule has 3 rings (SSSR count). The van der Waals surface area contributed by atoms with Crippen molar-refractivity contribution in [1.82, 2.24) is 15.1 Å². The number of hydrogen-bond acceptors (Lipinski definition) is 7. The van der Waals surface area contributed by atoms with Crippen LogP contribution in [-0.2, 0) is 10.5 Å². The number of nitrogens with one attached hydrogen (secondary N) is 1. The largest absolute Gasteiger partial charge is 0.484 e. The second-order valence-electron chi connectivity index (χ2n) is 6.21. The zero-order chi connectivity index (χ0) is 20.6. The molecule has 0 aliphatic heterocycles. The molecule has 0 fully saturated rings. The standard InChI is InChI=1S/C20H20N4O3S2/c1-24(2)17(25)12-27-16-10-6-9-15(11-16)18(26)21-19-22-23-20(29-19)28-13-14-7-4-3-5-8-14/h3-11H,12-13H2,1-2H3,(H,21,22,26). The molecule has 0 saturated carbocycles. The Balaban J connectivity index is 1.55. The normalized spacial score (nSPS) is 10.4. The van der Waals surface area contributed by atoms with Crippen LogP contribution in [0.3, 0.4) is 0 Å². The lowest BCUT2D eigenvalue weighted by Crippen LogP contribution is -2.27. The minimum atomic E-state index is -0.315. The molecule has 2 aromatic carbocycles. The van der Waals surface area contributed by atoms with E-state index in [0.29, 0.717) is 16.4 Å². The summed E-state index contributed by atoms with van der Waals surface area (Å²) in [5.74, 6) is 0.762. The van der Waals surface area contributed by atoms with Gasteiger partial charge < -0.3 is 9.64 Å². The first kappa shape index (κ1) is 20.8. The third-order valence-electron chi connectivity index (χ3n) is 3.79. The van der Waals surface area contributed by atoms with E-state index in [2.05, 4.69) is 27.6 Å². The first-order valence-electron chi connectivity index (χ1n) is 8.76. The fourth-order valence-electron chi connectivity index (χ4n) is 2.21. The van der Waals surface area contributed by atoms with Crippen LogP contribution >= 0.6 is 23.1 Å². The van der Waals surface area contributed by atoms with Gasteiger partial charge in [-0.25, -0.2) is 0 Å². The lowest BCUT2D eigenvalue weighted by Gasteiger charge is -2.11. The smallest absolute Gasteiger partial charge is 0.259 e. The van der Waals surface area contributed by atoms with E-state index in [1.807, 2.05) is 18.2 Å². The van der Waals surface area contributed by atoms with Crippen LogP contribution in [0.2, 0.25) is 0 Å². The minimum Gasteiger partial charge on any atom is -0.484 e. The van der Waals surface area contributed by atoms with E-state index in [1.165, 1.54) is 21.8 Å². The van der Waals surface area contributed by atoms with Crippen molar-refractivity contribution in [2.24, 2.45) is 0 Å². The molecule has 0 aliphatic carbocycles. The van der Waals surface area contributed by atoms with Gasteiger partial charge >= 0.3 is 0 Å². The number of aromatic nitrogens is 2. The number of thioether (sulfide) groups is 1. The fraction of sp³-hybridized carbons (Fsp3) is 0.200. The van der Waals surface area contributed by atoms with Crippen molar-refractivity contribution in [2.45, 2.75) is 10.1 Å². The van der Waals surface area contributed by atoms with Crippen molar-refractivity contribution >= 4 is 40.0 Å². The van der Waals surface area contributed by atoms with Gasteiger partial charge in [0, 0.05) is 25.4 Å². The number of ether oxygens (including phenoxy) is 1. The first-order chi connectivity index (χ1) is 14.0. The summed E-state index contributed by atoms with van der Waals surface area (Å²) in [4.78, 5) is 25.6. The molecule has 0 unspecified atom stereocenters. The maximum atomic E-state index is 12.5. The topological polar surface area (TPSA) is 84.4 Å². The Morgan fingerprint density at radius 2 is 1.90 bits per heavy atom. The Labute approximate surface area is 177 Å². The van der Waals surface area contributed by atoms with E-state index in [1.54, 1.807) is 50.1 Å². The molecule has 1 heterocycles. The Kier molecular flexibility index (Phi) is 7.20. The minimum absolute atomic E-state index is 0.0868. The summed E-state index contributed by atoms with van der Waals surface area (Å²) in [6.45, 7) is -0.0868. The van der Waals surface area contributed by atoms with Gasteiger partial charge in [0.15, 0.2) is 10.9 Å². The van der Waals surface area contributed by atoms with E-state index in [-0.39, 0.29) is 18.4 Å². The Morgan fingerprint density at radius 1 is 1.10 bits per heavy atom. The summed E-state index contributed by atoms with van der Waals surface area (Å²) in [7, 11) is 3.31. The van der Waals surface area contributed by atoms with Gasteiger partial charge in [-0.15, -0.1) is 10.2 Å². The van der Waals surface area contributed by atoms with Crippen LogP contribution < -0.4 is 10.1 Å². The number of rotatable bonds is 8. The SMILES string of the molecule is CN(C)C(=O)COc1cccc(C(=O)Nc2nnc(SCc3ccccc3)s2)c1. The molecule has 0 spiro atoms. The van der Waals surface area contributed by atoms with Crippen molar-refractivity contribution in [3.8, 4) is 5.75 Å². The van der Waals surface area contributed by atoms with Gasteiger partial charge in [0.05, 0.1) is 0 Å². The Morgan fingerprint density at radius 3 is 2.66 bits per heavy atom. The summed E-state index contributed by atoms with van der Waals surface area (Å²) in [5.41, 5.74) is 1.61. The van der Waals surface area contributed by atoms with Crippen molar-refractivity contribution in [3.05, 3.63) is 65.7 Å². The van der Waals surface area contributed by atoms with Crippen molar-refractivity contribution in [2.75, 3.05) is 26.0 Å². The highest BCUT2D eigenvalue weighted by molar-refractivity contribution is 8.00. The molecule has 0 aliphatic rings. The summed E-state index contributed by atoms with van der Waals surface area (Å²) >= 11 is 2.89. The fourth-order valence-corrected chi connectivity index (χ4v) is 3.91. The highest BCUT2D eigenvalue weighted by Gasteiger charge is 2.12. The summed E-state index contributed by atoms with van der Waals surface area (Å²) in [6, 6.07) is 16.7. The van der Waals surface area contributed by atoms with E-state index in [4.69, 9.17) is 4.74 Å². The number of likely N-dealkylation sites (N-methyl/N-ethyl adjacent to an activating group) is 1. The van der Waals surface area contributed by atoms with Crippen molar-refractivity contribution in [3.63, 3.8) is 0 Å².